The molecule has 3 nitrogen and oxygen atoms in total. The molecular weight excluding hydrogens is 207 g/mol. The smallest absolute Gasteiger partial charge is 0.316 e. The van der Waals surface area contributed by atoms with Gasteiger partial charge in [0.25, 0.3) is 0 Å². The van der Waals surface area contributed by atoms with Crippen LogP contribution in [-0.2, 0) is 14.8 Å². The molecule has 13 heavy (non-hydrogen) atoms. The van der Waals surface area contributed by atoms with Gasteiger partial charge in [-0.15, -0.1) is 0 Å². The zero-order chi connectivity index (χ0) is 9.73. The molecule has 5 heteroatoms. The van der Waals surface area contributed by atoms with E-state index in [0.717, 1.165) is 16.9 Å². The Morgan fingerprint density at radius 3 is 2.62 bits per heavy atom. The van der Waals surface area contributed by atoms with Gasteiger partial charge in [-0.1, -0.05) is 30.3 Å². The van der Waals surface area contributed by atoms with Crippen LogP contribution in [0.2, 0.25) is 0 Å². The Labute approximate surface area is 81.4 Å². The summed E-state index contributed by atoms with van der Waals surface area (Å²) in [5.41, 5.74) is 1.01. The van der Waals surface area contributed by atoms with Crippen molar-refractivity contribution in [3.8, 4) is 0 Å². The lowest BCUT2D eigenvalue weighted by Gasteiger charge is -2.06. The van der Waals surface area contributed by atoms with E-state index in [1.54, 1.807) is 0 Å². The van der Waals surface area contributed by atoms with Crippen molar-refractivity contribution in [1.29, 1.82) is 0 Å². The Morgan fingerprint density at radius 1 is 1.46 bits per heavy atom. The van der Waals surface area contributed by atoms with E-state index >= 15 is 0 Å². The van der Waals surface area contributed by atoms with E-state index in [-0.39, 0.29) is 0 Å². The first-order valence-electron chi connectivity index (χ1n) is 3.71. The van der Waals surface area contributed by atoms with Crippen molar-refractivity contribution in [1.82, 2.24) is 0 Å². The lowest BCUT2D eigenvalue weighted by atomic mass is 10.2. The molecule has 1 N–H and O–H groups in total. The van der Waals surface area contributed by atoms with Crippen LogP contribution >= 0.6 is 18.2 Å². The summed E-state index contributed by atoms with van der Waals surface area (Å²) < 4.78 is 15.5. The molecule has 0 aliphatic heterocycles. The molecule has 0 spiro atoms. The minimum atomic E-state index is -3.42. The molecule has 1 rings (SSSR count). The summed E-state index contributed by atoms with van der Waals surface area (Å²) >= 11 is 0.921. The molecule has 1 unspecified atom stereocenters. The van der Waals surface area contributed by atoms with E-state index in [0.29, 0.717) is 5.75 Å². The van der Waals surface area contributed by atoms with Crippen molar-refractivity contribution >= 4 is 18.2 Å². The first-order valence-corrected chi connectivity index (χ1v) is 6.88. The van der Waals surface area contributed by atoms with Crippen LogP contribution in [0.3, 0.4) is 0 Å². The van der Waals surface area contributed by atoms with Crippen LogP contribution in [0.15, 0.2) is 30.3 Å². The molecule has 1 atom stereocenters. The Morgan fingerprint density at radius 2 is 2.08 bits per heavy atom. The van der Waals surface area contributed by atoms with Crippen LogP contribution in [0.25, 0.3) is 0 Å². The van der Waals surface area contributed by atoms with Crippen LogP contribution in [0, 0.1) is 0 Å². The molecule has 0 aromatic heterocycles. The second kappa shape index (κ2) is 4.82. The fourth-order valence-corrected chi connectivity index (χ4v) is 2.65. The van der Waals surface area contributed by atoms with Crippen LogP contribution in [0.5, 0.6) is 0 Å². The maximum atomic E-state index is 11.1. The molecule has 0 heterocycles. The van der Waals surface area contributed by atoms with E-state index in [4.69, 9.17) is 4.89 Å². The number of benzene rings is 1. The van der Waals surface area contributed by atoms with Gasteiger partial charge in [0.1, 0.15) is 0 Å². The highest BCUT2D eigenvalue weighted by atomic mass is 32.7. The SMILES string of the molecule is COP(=O)(O)SCc1ccccc1. The third kappa shape index (κ3) is 3.96. The highest BCUT2D eigenvalue weighted by Crippen LogP contribution is 2.56. The maximum absolute atomic E-state index is 11.1. The van der Waals surface area contributed by atoms with E-state index < -0.39 is 6.80 Å². The van der Waals surface area contributed by atoms with E-state index in [1.807, 2.05) is 30.3 Å². The maximum Gasteiger partial charge on any atom is 0.386 e. The van der Waals surface area contributed by atoms with Crippen molar-refractivity contribution < 1.29 is 14.0 Å². The van der Waals surface area contributed by atoms with Gasteiger partial charge in [0, 0.05) is 12.9 Å². The van der Waals surface area contributed by atoms with Gasteiger partial charge < -0.3 is 9.42 Å². The van der Waals surface area contributed by atoms with E-state index in [9.17, 15) is 4.57 Å². The molecule has 1 aromatic rings. The van der Waals surface area contributed by atoms with Gasteiger partial charge in [0.05, 0.1) is 0 Å². The zero-order valence-electron chi connectivity index (χ0n) is 7.21. The number of hydrogen-bond acceptors (Lipinski definition) is 3. The second-order valence-electron chi connectivity index (χ2n) is 2.41. The van der Waals surface area contributed by atoms with Crippen LogP contribution in [0.4, 0.5) is 0 Å². The fourth-order valence-electron chi connectivity index (χ4n) is 0.783. The first-order chi connectivity index (χ1) is 6.14. The summed E-state index contributed by atoms with van der Waals surface area (Å²) in [6, 6.07) is 9.50. The monoisotopic (exact) mass is 218 g/mol. The molecule has 1 aromatic carbocycles. The van der Waals surface area contributed by atoms with Gasteiger partial charge in [-0.05, 0) is 16.9 Å². The number of rotatable bonds is 4. The van der Waals surface area contributed by atoms with Gasteiger partial charge in [-0.25, -0.2) is 4.57 Å². The summed E-state index contributed by atoms with van der Waals surface area (Å²) in [6.45, 7) is -3.42. The second-order valence-corrected chi connectivity index (χ2v) is 6.42. The summed E-state index contributed by atoms with van der Waals surface area (Å²) in [4.78, 5) is 9.08. The largest absolute Gasteiger partial charge is 0.386 e. The van der Waals surface area contributed by atoms with Crippen molar-refractivity contribution in [2.45, 2.75) is 5.75 Å². The minimum absolute atomic E-state index is 0.489. The Hall–Kier alpha value is -0.280. The first kappa shape index (κ1) is 10.8. The van der Waals surface area contributed by atoms with Gasteiger partial charge in [0.15, 0.2) is 0 Å². The predicted octanol–water partition coefficient (Wildman–Crippen LogP) is 2.67. The number of hydrogen-bond donors (Lipinski definition) is 1. The third-order valence-corrected chi connectivity index (χ3v) is 4.53. The summed E-state index contributed by atoms with van der Waals surface area (Å²) in [6.07, 6.45) is 0. The van der Waals surface area contributed by atoms with Crippen LogP contribution < -0.4 is 0 Å². The quantitative estimate of drug-likeness (QED) is 0.789. The normalized spacial score (nSPS) is 15.2. The van der Waals surface area contributed by atoms with Gasteiger partial charge >= 0.3 is 6.80 Å². The summed E-state index contributed by atoms with van der Waals surface area (Å²) in [5.74, 6) is 0.489. The van der Waals surface area contributed by atoms with Gasteiger partial charge in [0.2, 0.25) is 0 Å². The average Bonchev–Trinajstić information content (AvgIpc) is 2.17. The summed E-state index contributed by atoms with van der Waals surface area (Å²) in [5, 5.41) is 0. The molecule has 0 amide bonds. The van der Waals surface area contributed by atoms with Crippen molar-refractivity contribution in [2.75, 3.05) is 7.11 Å². The molecule has 0 radical (unpaired) electrons. The Bertz CT molecular complexity index is 302. The molecule has 0 saturated carbocycles. The topological polar surface area (TPSA) is 46.5 Å². The minimum Gasteiger partial charge on any atom is -0.316 e. The molecule has 72 valence electrons. The highest BCUT2D eigenvalue weighted by Gasteiger charge is 2.17. The zero-order valence-corrected chi connectivity index (χ0v) is 8.92. The van der Waals surface area contributed by atoms with Gasteiger partial charge in [-0.3, -0.25) is 0 Å². The van der Waals surface area contributed by atoms with Gasteiger partial charge in [-0.2, -0.15) is 0 Å². The summed E-state index contributed by atoms with van der Waals surface area (Å²) in [7, 11) is 1.23. The standard InChI is InChI=1S/C8H11O3PS/c1-11-12(9,10)13-7-8-5-3-2-4-6-8/h2-6H,7H2,1H3,(H,9,10). The fraction of sp³-hybridized carbons (Fsp3) is 0.250. The van der Waals surface area contributed by atoms with Crippen LogP contribution in [0.1, 0.15) is 5.56 Å². The third-order valence-electron chi connectivity index (χ3n) is 1.47. The average molecular weight is 218 g/mol. The molecule has 0 fully saturated rings. The molecule has 0 saturated heterocycles. The molecule has 0 bridgehead atoms. The lowest BCUT2D eigenvalue weighted by Crippen LogP contribution is -1.81. The lowest BCUT2D eigenvalue weighted by molar-refractivity contribution is 0.336. The van der Waals surface area contributed by atoms with E-state index in [2.05, 4.69) is 4.52 Å². The van der Waals surface area contributed by atoms with Crippen molar-refractivity contribution in [3.63, 3.8) is 0 Å². The van der Waals surface area contributed by atoms with E-state index in [1.165, 1.54) is 7.11 Å². The highest BCUT2D eigenvalue weighted by molar-refractivity contribution is 8.54. The molecule has 0 aliphatic rings. The molecule has 0 aliphatic carbocycles. The Kier molecular flexibility index (Phi) is 4.00. The van der Waals surface area contributed by atoms with Crippen molar-refractivity contribution in [3.05, 3.63) is 35.9 Å². The van der Waals surface area contributed by atoms with Crippen LogP contribution in [-0.4, -0.2) is 12.0 Å². The molecular formula is C8H11O3PS. The predicted molar refractivity (Wildman–Crippen MR) is 54.6 cm³/mol. The Balaban J connectivity index is 2.49. The van der Waals surface area contributed by atoms with Crippen molar-refractivity contribution in [2.24, 2.45) is 0 Å².